The van der Waals surface area contributed by atoms with E-state index in [1.807, 2.05) is 0 Å². The predicted molar refractivity (Wildman–Crippen MR) is 51.6 cm³/mol. The van der Waals surface area contributed by atoms with Crippen LogP contribution in [0, 0.1) is 5.82 Å². The van der Waals surface area contributed by atoms with Crippen LogP contribution in [-0.2, 0) is 0 Å². The van der Waals surface area contributed by atoms with Crippen molar-refractivity contribution in [2.24, 2.45) is 5.73 Å². The van der Waals surface area contributed by atoms with Crippen molar-refractivity contribution < 1.29 is 13.2 Å². The van der Waals surface area contributed by atoms with Gasteiger partial charge in [0.15, 0.2) is 0 Å². The highest BCUT2D eigenvalue weighted by molar-refractivity contribution is 6.30. The lowest BCUT2D eigenvalue weighted by molar-refractivity contribution is 0.116. The summed E-state index contributed by atoms with van der Waals surface area (Å²) in [7, 11) is 0. The molecule has 0 radical (unpaired) electrons. The quantitative estimate of drug-likeness (QED) is 0.852. The third kappa shape index (κ3) is 3.36. The molecule has 0 bridgehead atoms. The number of hydrogen-bond acceptors (Lipinski definition) is 1. The van der Waals surface area contributed by atoms with Crippen LogP contribution < -0.4 is 5.73 Å². The summed E-state index contributed by atoms with van der Waals surface area (Å²) in [5.41, 5.74) is 5.10. The van der Waals surface area contributed by atoms with E-state index >= 15 is 0 Å². The summed E-state index contributed by atoms with van der Waals surface area (Å²) in [5.74, 6) is -0.668. The first kappa shape index (κ1) is 13.5. The molecule has 0 unspecified atom stereocenters. The summed E-state index contributed by atoms with van der Waals surface area (Å²) in [6.07, 6.45) is -2.72. The van der Waals surface area contributed by atoms with E-state index in [0.717, 1.165) is 12.1 Å². The summed E-state index contributed by atoms with van der Waals surface area (Å²) < 4.78 is 36.8. The summed E-state index contributed by atoms with van der Waals surface area (Å²) in [4.78, 5) is 0. The molecule has 14 heavy (non-hydrogen) atoms. The normalized spacial score (nSPS) is 12.4. The summed E-state index contributed by atoms with van der Waals surface area (Å²) in [6, 6.07) is 1.71. The van der Waals surface area contributed by atoms with Crippen molar-refractivity contribution >= 4 is 24.0 Å². The van der Waals surface area contributed by atoms with Gasteiger partial charge >= 0.3 is 0 Å². The van der Waals surface area contributed by atoms with Gasteiger partial charge in [0.25, 0.3) is 6.43 Å². The van der Waals surface area contributed by atoms with Crippen molar-refractivity contribution in [2.75, 3.05) is 0 Å². The average Bonchev–Trinajstić information content (AvgIpc) is 2.01. The summed E-state index contributed by atoms with van der Waals surface area (Å²) in [6.45, 7) is 0. The smallest absolute Gasteiger partial charge is 0.257 e. The van der Waals surface area contributed by atoms with Gasteiger partial charge in [-0.2, -0.15) is 0 Å². The predicted octanol–water partition coefficient (Wildman–Crippen LogP) is 3.17. The second-order valence-electron chi connectivity index (χ2n) is 2.56. The van der Waals surface area contributed by atoms with E-state index in [2.05, 4.69) is 0 Å². The molecule has 0 spiro atoms. The van der Waals surface area contributed by atoms with E-state index in [1.165, 1.54) is 6.07 Å². The highest BCUT2D eigenvalue weighted by Gasteiger charge is 2.18. The maximum atomic E-state index is 12.7. The van der Waals surface area contributed by atoms with Crippen LogP contribution in [0.2, 0.25) is 5.02 Å². The summed E-state index contributed by atoms with van der Waals surface area (Å²) in [5, 5.41) is 0.0612. The van der Waals surface area contributed by atoms with Gasteiger partial charge in [-0.15, -0.1) is 12.4 Å². The van der Waals surface area contributed by atoms with Gasteiger partial charge in [-0.05, 0) is 23.8 Å². The average molecular weight is 246 g/mol. The second-order valence-corrected chi connectivity index (χ2v) is 3.00. The standard InChI is InChI=1S/C8H7ClF3N.ClH/c9-5-1-4(2-6(10)3-5)7(13)8(11)12;/h1-3,7-8H,13H2;1H/t7-;/m0./s1. The van der Waals surface area contributed by atoms with Gasteiger partial charge in [0.2, 0.25) is 0 Å². The minimum absolute atomic E-state index is 0. The van der Waals surface area contributed by atoms with Crippen molar-refractivity contribution in [3.05, 3.63) is 34.6 Å². The van der Waals surface area contributed by atoms with E-state index in [4.69, 9.17) is 17.3 Å². The lowest BCUT2D eigenvalue weighted by Crippen LogP contribution is -2.18. The van der Waals surface area contributed by atoms with Crippen LogP contribution in [0.1, 0.15) is 11.6 Å². The molecule has 0 saturated carbocycles. The maximum absolute atomic E-state index is 12.7. The van der Waals surface area contributed by atoms with Crippen LogP contribution in [0.15, 0.2) is 18.2 Å². The van der Waals surface area contributed by atoms with E-state index in [9.17, 15) is 13.2 Å². The molecule has 1 rings (SSSR count). The Morgan fingerprint density at radius 3 is 2.21 bits per heavy atom. The van der Waals surface area contributed by atoms with Crippen LogP contribution in [0.4, 0.5) is 13.2 Å². The zero-order chi connectivity index (χ0) is 10.0. The van der Waals surface area contributed by atoms with Crippen LogP contribution in [0.3, 0.4) is 0 Å². The molecular formula is C8H8Cl2F3N. The monoisotopic (exact) mass is 245 g/mol. The fourth-order valence-electron chi connectivity index (χ4n) is 0.913. The molecule has 0 heterocycles. The summed E-state index contributed by atoms with van der Waals surface area (Å²) >= 11 is 5.46. The minimum Gasteiger partial charge on any atom is -0.319 e. The van der Waals surface area contributed by atoms with Crippen LogP contribution >= 0.6 is 24.0 Å². The molecule has 0 fully saturated rings. The van der Waals surface area contributed by atoms with Crippen molar-refractivity contribution in [1.82, 2.24) is 0 Å². The zero-order valence-corrected chi connectivity index (χ0v) is 8.46. The molecule has 0 aliphatic rings. The largest absolute Gasteiger partial charge is 0.319 e. The first-order valence-corrected chi connectivity index (χ1v) is 3.88. The highest BCUT2D eigenvalue weighted by Crippen LogP contribution is 2.22. The van der Waals surface area contributed by atoms with Gasteiger partial charge in [0.1, 0.15) is 5.82 Å². The fraction of sp³-hybridized carbons (Fsp3) is 0.250. The maximum Gasteiger partial charge on any atom is 0.257 e. The molecule has 80 valence electrons. The first-order chi connectivity index (χ1) is 6.00. The van der Waals surface area contributed by atoms with Crippen molar-refractivity contribution in [3.8, 4) is 0 Å². The molecule has 1 nitrogen and oxygen atoms in total. The molecule has 2 N–H and O–H groups in total. The number of benzene rings is 1. The van der Waals surface area contributed by atoms with Crippen molar-refractivity contribution in [3.63, 3.8) is 0 Å². The van der Waals surface area contributed by atoms with Crippen LogP contribution in [0.25, 0.3) is 0 Å². The first-order valence-electron chi connectivity index (χ1n) is 3.50. The number of alkyl halides is 2. The Morgan fingerprint density at radius 1 is 1.21 bits per heavy atom. The van der Waals surface area contributed by atoms with E-state index in [0.29, 0.717) is 0 Å². The Labute approximate surface area is 90.5 Å². The van der Waals surface area contributed by atoms with E-state index in [-0.39, 0.29) is 23.0 Å². The topological polar surface area (TPSA) is 26.0 Å². The number of halogens is 5. The van der Waals surface area contributed by atoms with Gasteiger partial charge in [-0.1, -0.05) is 11.6 Å². The van der Waals surface area contributed by atoms with Gasteiger partial charge in [-0.25, -0.2) is 13.2 Å². The third-order valence-corrected chi connectivity index (χ3v) is 1.76. The molecule has 1 aromatic rings. The minimum atomic E-state index is -2.72. The van der Waals surface area contributed by atoms with Gasteiger partial charge in [-0.3, -0.25) is 0 Å². The lowest BCUT2D eigenvalue weighted by atomic mass is 10.1. The SMILES string of the molecule is Cl.N[C@@H](c1cc(F)cc(Cl)c1)C(F)F. The van der Waals surface area contributed by atoms with Gasteiger partial charge in [0, 0.05) is 5.02 Å². The molecule has 1 atom stereocenters. The fourth-order valence-corrected chi connectivity index (χ4v) is 1.14. The zero-order valence-electron chi connectivity index (χ0n) is 6.88. The highest BCUT2D eigenvalue weighted by atomic mass is 35.5. The molecule has 0 aliphatic heterocycles. The molecular weight excluding hydrogens is 238 g/mol. The Kier molecular flexibility index (Phi) is 5.26. The number of hydrogen-bond donors (Lipinski definition) is 1. The molecule has 0 saturated heterocycles. The van der Waals surface area contributed by atoms with E-state index < -0.39 is 18.3 Å². The third-order valence-electron chi connectivity index (χ3n) is 1.54. The van der Waals surface area contributed by atoms with Crippen LogP contribution in [0.5, 0.6) is 0 Å². The second kappa shape index (κ2) is 5.44. The number of nitrogens with two attached hydrogens (primary N) is 1. The Morgan fingerprint density at radius 2 is 1.79 bits per heavy atom. The van der Waals surface area contributed by atoms with Gasteiger partial charge < -0.3 is 5.73 Å². The van der Waals surface area contributed by atoms with E-state index in [1.54, 1.807) is 0 Å². The number of rotatable bonds is 2. The molecule has 0 amide bonds. The molecule has 0 aromatic heterocycles. The van der Waals surface area contributed by atoms with Gasteiger partial charge in [0.05, 0.1) is 6.04 Å². The molecule has 1 aromatic carbocycles. The Bertz CT molecular complexity index is 286. The molecule has 6 heteroatoms. The van der Waals surface area contributed by atoms with Crippen LogP contribution in [-0.4, -0.2) is 6.43 Å². The molecule has 0 aliphatic carbocycles. The lowest BCUT2D eigenvalue weighted by Gasteiger charge is -2.10. The van der Waals surface area contributed by atoms with Crippen molar-refractivity contribution in [2.45, 2.75) is 12.5 Å². The van der Waals surface area contributed by atoms with Crippen molar-refractivity contribution in [1.29, 1.82) is 0 Å². The Balaban J connectivity index is 0.00000169. The Hall–Kier alpha value is -0.450.